The van der Waals surface area contributed by atoms with Gasteiger partial charge < -0.3 is 9.47 Å². The van der Waals surface area contributed by atoms with E-state index in [1.807, 2.05) is 0 Å². The van der Waals surface area contributed by atoms with Gasteiger partial charge in [0.05, 0.1) is 18.6 Å². The zero-order valence-electron chi connectivity index (χ0n) is 10.1. The molecule has 0 amide bonds. The SMILES string of the molecule is CC(C)OC(=O)CCC(=O)[13C](=O)OC(C)C. The summed E-state index contributed by atoms with van der Waals surface area (Å²) in [6, 6.07) is 0. The van der Waals surface area contributed by atoms with Crippen LogP contribution < -0.4 is 0 Å². The van der Waals surface area contributed by atoms with Gasteiger partial charge in [0.2, 0.25) is 5.78 Å². The molecule has 0 spiro atoms. The minimum absolute atomic E-state index is 0.0930. The Morgan fingerprint density at radius 2 is 1.38 bits per heavy atom. The number of hydrogen-bond donors (Lipinski definition) is 0. The lowest BCUT2D eigenvalue weighted by atomic mass is 10.3. The van der Waals surface area contributed by atoms with Crippen molar-refractivity contribution in [2.75, 3.05) is 0 Å². The highest BCUT2D eigenvalue weighted by molar-refractivity contribution is 6.33. The van der Waals surface area contributed by atoms with E-state index in [1.165, 1.54) is 0 Å². The molecule has 0 atom stereocenters. The standard InChI is InChI=1S/C11H18O5/c1-7(2)15-10(13)6-5-9(12)11(14)16-8(3)4/h7-8H,5-6H2,1-4H3/i11+1. The van der Waals surface area contributed by atoms with Crippen molar-refractivity contribution >= 4 is 17.7 Å². The second-order valence-electron chi connectivity index (χ2n) is 3.92. The third-order valence-corrected chi connectivity index (χ3v) is 1.49. The van der Waals surface area contributed by atoms with Crippen molar-refractivity contribution in [3.63, 3.8) is 0 Å². The molecule has 92 valence electrons. The number of esters is 2. The lowest BCUT2D eigenvalue weighted by Gasteiger charge is -2.08. The number of hydrogen-bond acceptors (Lipinski definition) is 5. The first-order valence-corrected chi connectivity index (χ1v) is 5.26. The fourth-order valence-electron chi connectivity index (χ4n) is 0.919. The third-order valence-electron chi connectivity index (χ3n) is 1.49. The van der Waals surface area contributed by atoms with Gasteiger partial charge in [-0.3, -0.25) is 9.59 Å². The summed E-state index contributed by atoms with van der Waals surface area (Å²) in [5, 5.41) is 0. The van der Waals surface area contributed by atoms with Crippen LogP contribution in [0.15, 0.2) is 0 Å². The Morgan fingerprint density at radius 3 is 1.81 bits per heavy atom. The Kier molecular flexibility index (Phi) is 6.37. The quantitative estimate of drug-likeness (QED) is 0.391. The minimum atomic E-state index is -0.896. The summed E-state index contributed by atoms with van der Waals surface area (Å²) >= 11 is 0. The molecular weight excluding hydrogens is 213 g/mol. The largest absolute Gasteiger partial charge is 0.463 e. The van der Waals surface area contributed by atoms with Crippen LogP contribution in [0.2, 0.25) is 0 Å². The average Bonchev–Trinajstić information content (AvgIpc) is 2.11. The molecule has 0 aliphatic heterocycles. The first-order chi connectivity index (χ1) is 7.32. The van der Waals surface area contributed by atoms with Crippen molar-refractivity contribution in [3.05, 3.63) is 0 Å². The number of carbonyl (C=O) groups excluding carboxylic acids is 3. The number of Topliss-reactive ketones (excluding diaryl/α,β-unsaturated/α-hetero) is 1. The molecule has 0 radical (unpaired) electrons. The molecule has 0 rings (SSSR count). The smallest absolute Gasteiger partial charge is 0.374 e. The van der Waals surface area contributed by atoms with Gasteiger partial charge >= 0.3 is 11.9 Å². The fraction of sp³-hybridized carbons (Fsp3) is 0.727. The number of ketones is 1. The van der Waals surface area contributed by atoms with Crippen LogP contribution in [0.4, 0.5) is 0 Å². The molecule has 0 saturated carbocycles. The van der Waals surface area contributed by atoms with Gasteiger partial charge in [0, 0.05) is 6.42 Å². The summed E-state index contributed by atoms with van der Waals surface area (Å²) in [6.07, 6.45) is -0.814. The van der Waals surface area contributed by atoms with Gasteiger partial charge in [0.25, 0.3) is 0 Å². The molecular formula is C11H18O5. The Balaban J connectivity index is 3.89. The van der Waals surface area contributed by atoms with E-state index < -0.39 is 17.7 Å². The van der Waals surface area contributed by atoms with Crippen molar-refractivity contribution < 1.29 is 23.9 Å². The van der Waals surface area contributed by atoms with Crippen LogP contribution in [0.1, 0.15) is 40.5 Å². The normalized spacial score (nSPS) is 10.4. The molecule has 5 nitrogen and oxygen atoms in total. The van der Waals surface area contributed by atoms with Crippen LogP contribution in [0, 0.1) is 0 Å². The van der Waals surface area contributed by atoms with Gasteiger partial charge in [-0.15, -0.1) is 0 Å². The topological polar surface area (TPSA) is 69.7 Å². The zero-order valence-corrected chi connectivity index (χ0v) is 10.1. The molecule has 16 heavy (non-hydrogen) atoms. The van der Waals surface area contributed by atoms with E-state index in [1.54, 1.807) is 27.7 Å². The predicted octanol–water partition coefficient (Wildman–Crippen LogP) is 1.24. The molecule has 5 heteroatoms. The Morgan fingerprint density at radius 1 is 0.875 bits per heavy atom. The molecule has 0 aromatic heterocycles. The highest BCUT2D eigenvalue weighted by Gasteiger charge is 2.18. The molecule has 0 aliphatic carbocycles. The van der Waals surface area contributed by atoms with E-state index in [-0.39, 0.29) is 25.0 Å². The molecule has 0 aromatic carbocycles. The summed E-state index contributed by atoms with van der Waals surface area (Å²) in [4.78, 5) is 33.3. The van der Waals surface area contributed by atoms with E-state index >= 15 is 0 Å². The molecule has 0 unspecified atom stereocenters. The Bertz CT molecular complexity index is 268. The average molecular weight is 231 g/mol. The first kappa shape index (κ1) is 14.6. The molecule has 0 aliphatic rings. The monoisotopic (exact) mass is 231 g/mol. The molecule has 0 heterocycles. The van der Waals surface area contributed by atoms with Gasteiger partial charge in [-0.2, -0.15) is 0 Å². The summed E-state index contributed by atoms with van der Waals surface area (Å²) in [5.74, 6) is -2.08. The van der Waals surface area contributed by atoms with E-state index in [4.69, 9.17) is 4.74 Å². The maximum absolute atomic E-state index is 11.2. The highest BCUT2D eigenvalue weighted by atomic mass is 16.6. The summed E-state index contributed by atoms with van der Waals surface area (Å²) < 4.78 is 9.50. The zero-order chi connectivity index (χ0) is 12.7. The highest BCUT2D eigenvalue weighted by Crippen LogP contribution is 2.00. The van der Waals surface area contributed by atoms with Gasteiger partial charge in [-0.05, 0) is 27.7 Å². The van der Waals surface area contributed by atoms with E-state index in [9.17, 15) is 14.4 Å². The Labute approximate surface area is 95.1 Å². The second kappa shape index (κ2) is 6.98. The van der Waals surface area contributed by atoms with Gasteiger partial charge in [-0.25, -0.2) is 4.79 Å². The van der Waals surface area contributed by atoms with Crippen LogP contribution in [-0.4, -0.2) is 29.9 Å². The second-order valence-corrected chi connectivity index (χ2v) is 3.92. The predicted molar refractivity (Wildman–Crippen MR) is 56.7 cm³/mol. The van der Waals surface area contributed by atoms with Crippen LogP contribution in [0.5, 0.6) is 0 Å². The molecule has 0 bridgehead atoms. The lowest BCUT2D eigenvalue weighted by Crippen LogP contribution is -2.22. The lowest BCUT2D eigenvalue weighted by molar-refractivity contribution is -0.157. The molecule has 0 fully saturated rings. The summed E-state index contributed by atoms with van der Waals surface area (Å²) in [5.41, 5.74) is 0. The van der Waals surface area contributed by atoms with E-state index in [0.29, 0.717) is 0 Å². The molecule has 0 saturated heterocycles. The minimum Gasteiger partial charge on any atom is -0.463 e. The molecule has 0 N–H and O–H groups in total. The van der Waals surface area contributed by atoms with Crippen LogP contribution in [0.25, 0.3) is 0 Å². The van der Waals surface area contributed by atoms with E-state index in [2.05, 4.69) is 4.74 Å². The number of carbonyl (C=O) groups is 3. The first-order valence-electron chi connectivity index (χ1n) is 5.26. The van der Waals surface area contributed by atoms with Gasteiger partial charge in [0.15, 0.2) is 0 Å². The van der Waals surface area contributed by atoms with Crippen molar-refractivity contribution in [2.45, 2.75) is 52.7 Å². The van der Waals surface area contributed by atoms with Crippen LogP contribution >= 0.6 is 0 Å². The van der Waals surface area contributed by atoms with Crippen LogP contribution in [0.3, 0.4) is 0 Å². The number of rotatable bonds is 6. The maximum Gasteiger partial charge on any atom is 0.374 e. The van der Waals surface area contributed by atoms with Crippen LogP contribution in [-0.2, 0) is 23.9 Å². The Hall–Kier alpha value is -1.39. The maximum atomic E-state index is 11.2. The van der Waals surface area contributed by atoms with E-state index in [0.717, 1.165) is 0 Å². The van der Waals surface area contributed by atoms with Gasteiger partial charge in [0.1, 0.15) is 0 Å². The molecule has 0 aromatic rings. The third kappa shape index (κ3) is 6.98. The fourth-order valence-corrected chi connectivity index (χ4v) is 0.919. The summed E-state index contributed by atoms with van der Waals surface area (Å²) in [7, 11) is 0. The number of ether oxygens (including phenoxy) is 2. The van der Waals surface area contributed by atoms with Gasteiger partial charge in [-0.1, -0.05) is 0 Å². The van der Waals surface area contributed by atoms with Crippen molar-refractivity contribution in [3.8, 4) is 0 Å². The van der Waals surface area contributed by atoms with Crippen molar-refractivity contribution in [2.24, 2.45) is 0 Å². The summed E-state index contributed by atoms with van der Waals surface area (Å²) in [6.45, 7) is 6.73. The van der Waals surface area contributed by atoms with Crippen molar-refractivity contribution in [1.29, 1.82) is 0 Å². The van der Waals surface area contributed by atoms with Crippen molar-refractivity contribution in [1.82, 2.24) is 0 Å².